The quantitative estimate of drug-likeness (QED) is 0.599. The maximum Gasteiger partial charge on any atom is 0.0626 e. The summed E-state index contributed by atoms with van der Waals surface area (Å²) in [6.07, 6.45) is 3.11. The van der Waals surface area contributed by atoms with Crippen molar-refractivity contribution in [3.05, 3.63) is 0 Å². The van der Waals surface area contributed by atoms with Crippen molar-refractivity contribution in [1.29, 1.82) is 0 Å². The average Bonchev–Trinajstić information content (AvgIpc) is 2.05. The molecule has 0 fully saturated rings. The number of rotatable bonds is 7. The van der Waals surface area contributed by atoms with E-state index in [4.69, 9.17) is 21.1 Å². The van der Waals surface area contributed by atoms with Gasteiger partial charge in [0.05, 0.1) is 17.6 Å². The lowest BCUT2D eigenvalue weighted by atomic mass is 10.0. The summed E-state index contributed by atoms with van der Waals surface area (Å²) >= 11 is 5.99. The predicted octanol–water partition coefficient (Wildman–Crippen LogP) is 2.84. The zero-order valence-corrected chi connectivity index (χ0v) is 9.86. The van der Waals surface area contributed by atoms with E-state index in [9.17, 15) is 0 Å². The highest BCUT2D eigenvalue weighted by Crippen LogP contribution is 2.18. The van der Waals surface area contributed by atoms with Crippen LogP contribution in [0.4, 0.5) is 0 Å². The van der Waals surface area contributed by atoms with Gasteiger partial charge in [-0.15, -0.1) is 11.6 Å². The number of halogens is 1. The van der Waals surface area contributed by atoms with E-state index in [2.05, 4.69) is 13.8 Å². The molecular formula is C10H21ClO2. The van der Waals surface area contributed by atoms with Crippen molar-refractivity contribution in [2.45, 2.75) is 44.1 Å². The molecule has 0 aromatic heterocycles. The summed E-state index contributed by atoms with van der Waals surface area (Å²) in [5, 5.41) is 0.137. The number of hydrogen-bond acceptors (Lipinski definition) is 2. The SMILES string of the molecule is COCC(Cl)CCCC(C)(C)OC. The van der Waals surface area contributed by atoms with Crippen LogP contribution in [0.1, 0.15) is 33.1 Å². The largest absolute Gasteiger partial charge is 0.383 e. The molecule has 0 heterocycles. The van der Waals surface area contributed by atoms with Gasteiger partial charge in [0, 0.05) is 14.2 Å². The van der Waals surface area contributed by atoms with Crippen molar-refractivity contribution in [3.8, 4) is 0 Å². The van der Waals surface area contributed by atoms with Gasteiger partial charge in [0.1, 0.15) is 0 Å². The summed E-state index contributed by atoms with van der Waals surface area (Å²) < 4.78 is 10.3. The van der Waals surface area contributed by atoms with Crippen molar-refractivity contribution in [3.63, 3.8) is 0 Å². The molecule has 3 heteroatoms. The number of ether oxygens (including phenoxy) is 2. The Morgan fingerprint density at radius 3 is 2.38 bits per heavy atom. The molecule has 0 radical (unpaired) electrons. The zero-order chi connectivity index (χ0) is 10.3. The summed E-state index contributed by atoms with van der Waals surface area (Å²) in [4.78, 5) is 0. The number of hydrogen-bond donors (Lipinski definition) is 0. The second-order valence-corrected chi connectivity index (χ2v) is 4.53. The maximum atomic E-state index is 5.99. The Bertz CT molecular complexity index is 126. The van der Waals surface area contributed by atoms with Crippen LogP contribution in [0.25, 0.3) is 0 Å². The molecule has 0 saturated heterocycles. The molecule has 13 heavy (non-hydrogen) atoms. The monoisotopic (exact) mass is 208 g/mol. The van der Waals surface area contributed by atoms with E-state index >= 15 is 0 Å². The van der Waals surface area contributed by atoms with Gasteiger partial charge in [-0.25, -0.2) is 0 Å². The van der Waals surface area contributed by atoms with Crippen LogP contribution in [0.2, 0.25) is 0 Å². The third-order valence-corrected chi connectivity index (χ3v) is 2.54. The Kier molecular flexibility index (Phi) is 6.74. The van der Waals surface area contributed by atoms with Gasteiger partial charge in [0.15, 0.2) is 0 Å². The third-order valence-electron chi connectivity index (χ3n) is 2.20. The Morgan fingerprint density at radius 1 is 1.31 bits per heavy atom. The van der Waals surface area contributed by atoms with E-state index in [1.807, 2.05) is 0 Å². The Hall–Kier alpha value is 0.210. The van der Waals surface area contributed by atoms with E-state index in [0.717, 1.165) is 19.3 Å². The molecule has 1 atom stereocenters. The van der Waals surface area contributed by atoms with Crippen molar-refractivity contribution in [1.82, 2.24) is 0 Å². The van der Waals surface area contributed by atoms with Crippen molar-refractivity contribution in [2.75, 3.05) is 20.8 Å². The van der Waals surface area contributed by atoms with Gasteiger partial charge in [-0.3, -0.25) is 0 Å². The van der Waals surface area contributed by atoms with Crippen molar-refractivity contribution < 1.29 is 9.47 Å². The van der Waals surface area contributed by atoms with Gasteiger partial charge in [0.25, 0.3) is 0 Å². The summed E-state index contributed by atoms with van der Waals surface area (Å²) in [6.45, 7) is 4.81. The molecule has 0 N–H and O–H groups in total. The minimum absolute atomic E-state index is 0.0241. The second-order valence-electron chi connectivity index (χ2n) is 3.91. The fourth-order valence-electron chi connectivity index (χ4n) is 1.12. The first kappa shape index (κ1) is 13.2. The molecule has 0 spiro atoms. The lowest BCUT2D eigenvalue weighted by Crippen LogP contribution is -2.22. The van der Waals surface area contributed by atoms with Gasteiger partial charge in [0.2, 0.25) is 0 Å². The van der Waals surface area contributed by atoms with Crippen LogP contribution in [0.3, 0.4) is 0 Å². The van der Waals surface area contributed by atoms with Gasteiger partial charge in [-0.2, -0.15) is 0 Å². The van der Waals surface area contributed by atoms with Crippen LogP contribution in [0.5, 0.6) is 0 Å². The molecule has 0 rings (SSSR count). The van der Waals surface area contributed by atoms with Crippen LogP contribution in [0, 0.1) is 0 Å². The van der Waals surface area contributed by atoms with Crippen LogP contribution in [-0.2, 0) is 9.47 Å². The van der Waals surface area contributed by atoms with E-state index in [1.54, 1.807) is 14.2 Å². The van der Waals surface area contributed by atoms with Crippen LogP contribution < -0.4 is 0 Å². The maximum absolute atomic E-state index is 5.99. The van der Waals surface area contributed by atoms with Crippen molar-refractivity contribution in [2.24, 2.45) is 0 Å². The lowest BCUT2D eigenvalue weighted by molar-refractivity contribution is 0.0131. The summed E-state index contributed by atoms with van der Waals surface area (Å²) in [5.74, 6) is 0. The Labute approximate surface area is 86.6 Å². The first-order chi connectivity index (χ1) is 6.02. The minimum atomic E-state index is -0.0241. The van der Waals surface area contributed by atoms with Crippen LogP contribution >= 0.6 is 11.6 Å². The average molecular weight is 209 g/mol. The smallest absolute Gasteiger partial charge is 0.0626 e. The molecule has 0 amide bonds. The first-order valence-electron chi connectivity index (χ1n) is 4.70. The molecule has 0 saturated carbocycles. The summed E-state index contributed by atoms with van der Waals surface area (Å²) in [5.41, 5.74) is -0.0241. The minimum Gasteiger partial charge on any atom is -0.383 e. The second kappa shape index (κ2) is 6.63. The van der Waals surface area contributed by atoms with Crippen molar-refractivity contribution >= 4 is 11.6 Å². The van der Waals surface area contributed by atoms with E-state index < -0.39 is 0 Å². The van der Waals surface area contributed by atoms with Gasteiger partial charge in [-0.1, -0.05) is 0 Å². The molecular weight excluding hydrogens is 188 g/mol. The zero-order valence-electron chi connectivity index (χ0n) is 9.10. The Balaban J connectivity index is 3.44. The molecule has 2 nitrogen and oxygen atoms in total. The Morgan fingerprint density at radius 2 is 1.92 bits per heavy atom. The topological polar surface area (TPSA) is 18.5 Å². The molecule has 0 bridgehead atoms. The molecule has 0 aliphatic rings. The van der Waals surface area contributed by atoms with Gasteiger partial charge < -0.3 is 9.47 Å². The summed E-state index contributed by atoms with van der Waals surface area (Å²) in [7, 11) is 3.42. The van der Waals surface area contributed by atoms with Gasteiger partial charge in [-0.05, 0) is 33.1 Å². The normalized spacial score (nSPS) is 14.5. The fraction of sp³-hybridized carbons (Fsp3) is 1.00. The van der Waals surface area contributed by atoms with E-state index in [1.165, 1.54) is 0 Å². The highest BCUT2D eigenvalue weighted by molar-refractivity contribution is 6.20. The lowest BCUT2D eigenvalue weighted by Gasteiger charge is -2.23. The molecule has 80 valence electrons. The van der Waals surface area contributed by atoms with Crippen LogP contribution in [-0.4, -0.2) is 31.8 Å². The molecule has 0 aromatic rings. The molecule has 0 aliphatic carbocycles. The third kappa shape index (κ3) is 7.29. The van der Waals surface area contributed by atoms with Crippen LogP contribution in [0.15, 0.2) is 0 Å². The molecule has 1 unspecified atom stereocenters. The summed E-state index contributed by atoms with van der Waals surface area (Å²) in [6, 6.07) is 0. The number of alkyl halides is 1. The highest BCUT2D eigenvalue weighted by atomic mass is 35.5. The van der Waals surface area contributed by atoms with E-state index in [0.29, 0.717) is 6.61 Å². The fourth-order valence-corrected chi connectivity index (χ4v) is 1.40. The van der Waals surface area contributed by atoms with E-state index in [-0.39, 0.29) is 11.0 Å². The predicted molar refractivity (Wildman–Crippen MR) is 56.5 cm³/mol. The number of methoxy groups -OCH3 is 2. The highest BCUT2D eigenvalue weighted by Gasteiger charge is 2.16. The van der Waals surface area contributed by atoms with Gasteiger partial charge >= 0.3 is 0 Å². The molecule has 0 aliphatic heterocycles. The standard InChI is InChI=1S/C10H21ClO2/c1-10(2,13-4)7-5-6-9(11)8-12-3/h9H,5-8H2,1-4H3. The molecule has 0 aromatic carbocycles. The first-order valence-corrected chi connectivity index (χ1v) is 5.13.